The summed E-state index contributed by atoms with van der Waals surface area (Å²) in [5, 5.41) is 14.8. The summed E-state index contributed by atoms with van der Waals surface area (Å²) in [5.41, 5.74) is 0. The molecule has 4 N–H and O–H groups in total. The van der Waals surface area contributed by atoms with Crippen molar-refractivity contribution in [2.24, 2.45) is 0 Å². The molecule has 0 bridgehead atoms. The van der Waals surface area contributed by atoms with Crippen LogP contribution in [0.5, 0.6) is 0 Å². The summed E-state index contributed by atoms with van der Waals surface area (Å²) >= 11 is 0. The second-order valence-corrected chi connectivity index (χ2v) is 8.80. The summed E-state index contributed by atoms with van der Waals surface area (Å²) in [4.78, 5) is 8.25. The van der Waals surface area contributed by atoms with Gasteiger partial charge in [0, 0.05) is 0 Å². The molecule has 0 aliphatic rings. The first kappa shape index (κ1) is 52.8. The van der Waals surface area contributed by atoms with Gasteiger partial charge < -0.3 is 48.8 Å². The Labute approximate surface area is 226 Å². The van der Waals surface area contributed by atoms with E-state index >= 15 is 0 Å². The van der Waals surface area contributed by atoms with Crippen LogP contribution < -0.4 is 6.15 Å². The Morgan fingerprint density at radius 1 is 0.378 bits per heavy atom. The van der Waals surface area contributed by atoms with Crippen LogP contribution in [0, 0.1) is 15.3 Å². The van der Waals surface area contributed by atoms with Gasteiger partial charge in [0.2, 0.25) is 62.4 Å². The minimum Gasteiger partial charge on any atom is -0.724 e. The van der Waals surface area contributed by atoms with Crippen LogP contribution in [0.15, 0.2) is 0 Å². The Hall–Kier alpha value is -0.581. The molecular formula is H4Fe2N2O27S6. The van der Waals surface area contributed by atoms with Gasteiger partial charge in [-0.1, -0.05) is 0 Å². The molecule has 228 valence electrons. The van der Waals surface area contributed by atoms with Gasteiger partial charge >= 0.3 is 34.1 Å². The van der Waals surface area contributed by atoms with Crippen molar-refractivity contribution in [3.63, 3.8) is 0 Å². The average molecular weight is 768 g/mol. The van der Waals surface area contributed by atoms with Gasteiger partial charge in [-0.3, -0.25) is 0 Å². The topological polar surface area (TPSA) is 501 Å². The van der Waals surface area contributed by atoms with Gasteiger partial charge in [0.05, 0.1) is 5.09 Å². The van der Waals surface area contributed by atoms with Crippen molar-refractivity contribution >= 4 is 62.4 Å². The third-order valence-electron chi connectivity index (χ3n) is 0.583. The zero-order chi connectivity index (χ0) is 28.8. The minimum absolute atomic E-state index is 0. The Bertz CT molecular complexity index is 994. The Balaban J connectivity index is -0.0000000655. The maximum atomic E-state index is 9.37. The second-order valence-electron chi connectivity index (χ2n) is 3.08. The predicted molar refractivity (Wildman–Crippen MR) is 81.0 cm³/mol. The molecule has 0 aromatic heterocycles. The van der Waals surface area contributed by atoms with Gasteiger partial charge in [0.15, 0.2) is 0 Å². The molecule has 29 nitrogen and oxygen atoms in total. The Kier molecular flexibility index (Phi) is 30.3. The smallest absolute Gasteiger partial charge is 0.724 e. The zero-order valence-corrected chi connectivity index (χ0v) is 22.7. The van der Waals surface area contributed by atoms with E-state index in [2.05, 4.69) is 26.0 Å². The van der Waals surface area contributed by atoms with Crippen LogP contribution in [-0.2, 0) is 123 Å². The number of hydrogen-bond donors (Lipinski definition) is 1. The van der Waals surface area contributed by atoms with Crippen molar-refractivity contribution in [3.8, 4) is 0 Å². The van der Waals surface area contributed by atoms with Crippen LogP contribution in [0.3, 0.4) is 0 Å². The third kappa shape index (κ3) is 94.9. The van der Waals surface area contributed by atoms with Crippen LogP contribution in [0.4, 0.5) is 0 Å². The van der Waals surface area contributed by atoms with Crippen LogP contribution in [0.1, 0.15) is 0 Å². The summed E-state index contributed by atoms with van der Waals surface area (Å²) in [7, 11) is -31.9. The number of hydrogen-bond acceptors (Lipinski definition) is 27. The molecule has 0 fully saturated rings. The van der Waals surface area contributed by atoms with Gasteiger partial charge in [0.25, 0.3) is 0 Å². The molecular weight excluding hydrogens is 764 g/mol. The monoisotopic (exact) mass is 768 g/mol. The Morgan fingerprint density at radius 2 is 0.432 bits per heavy atom. The molecule has 0 saturated carbocycles. The molecule has 37 heteroatoms. The molecule has 0 aliphatic carbocycles. The van der Waals surface area contributed by atoms with Gasteiger partial charge in [-0.15, -0.1) is 26.0 Å². The van der Waals surface area contributed by atoms with E-state index in [1.165, 1.54) is 0 Å². The molecule has 0 aromatic rings. The molecule has 0 aliphatic heterocycles. The minimum atomic E-state index is -5.31. The third-order valence-corrected chi connectivity index (χ3v) is 2.25. The van der Waals surface area contributed by atoms with E-state index in [9.17, 15) is 77.8 Å². The first-order valence-corrected chi connectivity index (χ1v) is 13.0. The summed E-state index contributed by atoms with van der Waals surface area (Å²) in [6.07, 6.45) is 0. The normalized spacial score (nSPS) is 11.5. The molecule has 0 heterocycles. The summed E-state index contributed by atoms with van der Waals surface area (Å²) in [6.45, 7) is 0. The van der Waals surface area contributed by atoms with E-state index in [4.69, 9.17) is 15.3 Å². The molecule has 0 rings (SSSR count). The SMILES string of the molecule is O=S(=O)([O-])OOS(=O)(=O)[O-].O=S(=O)([O-])OOS(=O)(=O)[O-].O=S(=O)([O-])OOS(=O)(=O)[O-].O=[N+]([O-])[O-].[Fe+3].[Fe+3].[NH4+]. The largest absolute Gasteiger partial charge is 3.00 e. The fourth-order valence-corrected chi connectivity index (χ4v) is 1.84. The molecule has 0 unspecified atom stereocenters. The van der Waals surface area contributed by atoms with E-state index < -0.39 is 67.5 Å². The summed E-state index contributed by atoms with van der Waals surface area (Å²) in [6, 6.07) is 0. The molecule has 37 heavy (non-hydrogen) atoms. The standard InChI is InChI=1S/2Fe.NO3.H3N.3H2O8S2/c;;2-1(3)4;;3*1-9(2,3)7-8-10(4,5)6/h;;;1H3;3*(H,1,2,3)(H,4,5,6)/q2*+3;-1;;;;/p-5. The van der Waals surface area contributed by atoms with Crippen LogP contribution in [0.2, 0.25) is 0 Å². The van der Waals surface area contributed by atoms with Crippen LogP contribution in [-0.4, -0.2) is 82.9 Å². The Morgan fingerprint density at radius 3 is 0.459 bits per heavy atom. The van der Waals surface area contributed by atoms with Crippen molar-refractivity contribution < 1.29 is 143 Å². The van der Waals surface area contributed by atoms with Crippen molar-refractivity contribution in [3.05, 3.63) is 15.3 Å². The number of quaternary nitrogens is 1. The van der Waals surface area contributed by atoms with Crippen LogP contribution in [0.25, 0.3) is 0 Å². The number of nitrogens with zero attached hydrogens (tertiary/aromatic N) is 1. The molecule has 0 aromatic carbocycles. The van der Waals surface area contributed by atoms with Crippen molar-refractivity contribution in [1.82, 2.24) is 6.15 Å². The fourth-order valence-electron chi connectivity index (χ4n) is 0.204. The fraction of sp³-hybridized carbons (Fsp3) is 0. The molecule has 0 atom stereocenters. The molecule has 2 radical (unpaired) electrons. The van der Waals surface area contributed by atoms with Crippen molar-refractivity contribution in [2.45, 2.75) is 0 Å². The predicted octanol–water partition coefficient (Wildman–Crippen LogP) is -6.30. The average Bonchev–Trinajstić information content (AvgIpc) is 2.46. The van der Waals surface area contributed by atoms with Gasteiger partial charge in [0.1, 0.15) is 0 Å². The van der Waals surface area contributed by atoms with Gasteiger partial charge in [-0.05, 0) is 0 Å². The zero-order valence-electron chi connectivity index (χ0n) is 15.6. The second kappa shape index (κ2) is 21.3. The first-order valence-electron chi connectivity index (χ1n) is 5.05. The molecule has 0 spiro atoms. The summed E-state index contributed by atoms with van der Waals surface area (Å²) < 4.78 is 184. The molecule has 0 saturated heterocycles. The number of rotatable bonds is 9. The molecule has 0 amide bonds. The van der Waals surface area contributed by atoms with Gasteiger partial charge in [-0.25, -0.2) is 50.5 Å². The van der Waals surface area contributed by atoms with E-state index in [1.54, 1.807) is 0 Å². The van der Waals surface area contributed by atoms with E-state index in [0.29, 0.717) is 0 Å². The van der Waals surface area contributed by atoms with E-state index in [1.807, 2.05) is 0 Å². The maximum Gasteiger partial charge on any atom is 3.00 e. The van der Waals surface area contributed by atoms with E-state index in [0.717, 1.165) is 0 Å². The van der Waals surface area contributed by atoms with E-state index in [-0.39, 0.29) is 40.3 Å². The van der Waals surface area contributed by atoms with Crippen molar-refractivity contribution in [1.29, 1.82) is 0 Å². The maximum absolute atomic E-state index is 9.37. The first-order chi connectivity index (χ1) is 14.4. The van der Waals surface area contributed by atoms with Crippen LogP contribution >= 0.6 is 0 Å². The quantitative estimate of drug-likeness (QED) is 0.0569. The van der Waals surface area contributed by atoms with Crippen molar-refractivity contribution in [2.75, 3.05) is 0 Å². The van der Waals surface area contributed by atoms with Gasteiger partial charge in [-0.2, -0.15) is 0 Å². The summed E-state index contributed by atoms with van der Waals surface area (Å²) in [5.74, 6) is 0.